The molecule has 1 amide bonds. The molecule has 26 heavy (non-hydrogen) atoms. The van der Waals surface area contributed by atoms with E-state index in [0.29, 0.717) is 17.3 Å². The lowest BCUT2D eigenvalue weighted by Crippen LogP contribution is -2.23. The molecule has 0 spiro atoms. The largest absolute Gasteiger partial charge is 0.379 e. The van der Waals surface area contributed by atoms with Gasteiger partial charge in [-0.3, -0.25) is 9.59 Å². The van der Waals surface area contributed by atoms with Gasteiger partial charge in [0.2, 0.25) is 0 Å². The Hall–Kier alpha value is -3.12. The minimum atomic E-state index is -0.388. The predicted molar refractivity (Wildman–Crippen MR) is 103 cm³/mol. The first kappa shape index (κ1) is 17.7. The number of aryl methyl sites for hydroxylation is 1. The van der Waals surface area contributed by atoms with Gasteiger partial charge in [-0.1, -0.05) is 35.9 Å². The average Bonchev–Trinajstić information content (AvgIpc) is 2.64. The van der Waals surface area contributed by atoms with Gasteiger partial charge < -0.3 is 10.6 Å². The van der Waals surface area contributed by atoms with E-state index in [4.69, 9.17) is 11.6 Å². The van der Waals surface area contributed by atoms with Crippen LogP contribution in [0.1, 0.15) is 16.1 Å². The molecule has 0 aliphatic heterocycles. The molecule has 0 saturated heterocycles. The lowest BCUT2D eigenvalue weighted by molar-refractivity contribution is 0.102. The summed E-state index contributed by atoms with van der Waals surface area (Å²) in [4.78, 5) is 23.8. The number of nitrogens with zero attached hydrogens (tertiary/aromatic N) is 2. The van der Waals surface area contributed by atoms with Crippen molar-refractivity contribution < 1.29 is 4.79 Å². The molecule has 1 heterocycles. The minimum absolute atomic E-state index is 0.166. The first-order chi connectivity index (χ1) is 12.5. The Kier molecular flexibility index (Phi) is 5.34. The van der Waals surface area contributed by atoms with Crippen molar-refractivity contribution in [1.82, 2.24) is 9.78 Å². The van der Waals surface area contributed by atoms with Gasteiger partial charge in [0.15, 0.2) is 0 Å². The SMILES string of the molecule is Cn1nc(C(=O)Nc2ccccc2NCc2ccc(Cl)cc2)ccc1=O. The van der Waals surface area contributed by atoms with Gasteiger partial charge in [-0.2, -0.15) is 5.10 Å². The Morgan fingerprint density at radius 2 is 1.73 bits per heavy atom. The zero-order chi connectivity index (χ0) is 18.5. The summed E-state index contributed by atoms with van der Waals surface area (Å²) in [7, 11) is 1.50. The quantitative estimate of drug-likeness (QED) is 0.724. The predicted octanol–water partition coefficient (Wildman–Crippen LogP) is 3.30. The van der Waals surface area contributed by atoms with Crippen LogP contribution in [-0.2, 0) is 13.6 Å². The van der Waals surface area contributed by atoms with Gasteiger partial charge >= 0.3 is 0 Å². The van der Waals surface area contributed by atoms with Gasteiger partial charge in [0.05, 0.1) is 11.4 Å². The molecular formula is C19H17ClN4O2. The Morgan fingerprint density at radius 1 is 1.04 bits per heavy atom. The lowest BCUT2D eigenvalue weighted by Gasteiger charge is -2.13. The van der Waals surface area contributed by atoms with Crippen LogP contribution in [0.5, 0.6) is 0 Å². The molecule has 0 aliphatic rings. The zero-order valence-corrected chi connectivity index (χ0v) is 14.8. The van der Waals surface area contributed by atoms with Crippen molar-refractivity contribution in [2.45, 2.75) is 6.54 Å². The van der Waals surface area contributed by atoms with Crippen molar-refractivity contribution in [2.24, 2.45) is 7.05 Å². The van der Waals surface area contributed by atoms with Crippen molar-refractivity contribution in [2.75, 3.05) is 10.6 Å². The van der Waals surface area contributed by atoms with E-state index in [1.165, 1.54) is 19.2 Å². The number of benzene rings is 2. The van der Waals surface area contributed by atoms with Crippen molar-refractivity contribution in [3.8, 4) is 0 Å². The summed E-state index contributed by atoms with van der Waals surface area (Å²) in [5.74, 6) is -0.388. The number of nitrogens with one attached hydrogen (secondary N) is 2. The fourth-order valence-corrected chi connectivity index (χ4v) is 2.48. The van der Waals surface area contributed by atoms with Crippen molar-refractivity contribution >= 4 is 28.9 Å². The third-order valence-corrected chi connectivity index (χ3v) is 4.02. The molecule has 0 radical (unpaired) electrons. The number of amides is 1. The van der Waals surface area contributed by atoms with Crippen LogP contribution < -0.4 is 16.2 Å². The Labute approximate surface area is 155 Å². The number of carbonyl (C=O) groups excluding carboxylic acids is 1. The van der Waals surface area contributed by atoms with E-state index in [0.717, 1.165) is 15.9 Å². The van der Waals surface area contributed by atoms with Gasteiger partial charge in [0.1, 0.15) is 5.69 Å². The molecule has 0 aliphatic carbocycles. The van der Waals surface area contributed by atoms with Crippen molar-refractivity contribution in [1.29, 1.82) is 0 Å². The topological polar surface area (TPSA) is 76.0 Å². The maximum atomic E-state index is 12.4. The van der Waals surface area contributed by atoms with Crippen molar-refractivity contribution in [3.05, 3.63) is 87.3 Å². The summed E-state index contributed by atoms with van der Waals surface area (Å²) < 4.78 is 1.12. The molecular weight excluding hydrogens is 352 g/mol. The molecule has 0 bridgehead atoms. The van der Waals surface area contributed by atoms with Gasteiger partial charge in [-0.15, -0.1) is 0 Å². The summed E-state index contributed by atoms with van der Waals surface area (Å²) in [5, 5.41) is 10.8. The highest BCUT2D eigenvalue weighted by atomic mass is 35.5. The fourth-order valence-electron chi connectivity index (χ4n) is 2.36. The Balaban J connectivity index is 1.74. The smallest absolute Gasteiger partial charge is 0.276 e. The number of hydrogen-bond donors (Lipinski definition) is 2. The number of carbonyl (C=O) groups is 1. The first-order valence-corrected chi connectivity index (χ1v) is 8.34. The van der Waals surface area contributed by atoms with Gasteiger partial charge in [0, 0.05) is 24.7 Å². The standard InChI is InChI=1S/C19H17ClN4O2/c1-24-18(25)11-10-17(23-24)19(26)22-16-5-3-2-4-15(16)21-12-13-6-8-14(20)9-7-13/h2-11,21H,12H2,1H3,(H,22,26). The maximum Gasteiger partial charge on any atom is 0.276 e. The van der Waals surface area contributed by atoms with Crippen LogP contribution in [0, 0.1) is 0 Å². The monoisotopic (exact) mass is 368 g/mol. The van der Waals surface area contributed by atoms with Crippen LogP contribution in [0.3, 0.4) is 0 Å². The molecule has 0 fully saturated rings. The molecule has 0 atom stereocenters. The maximum absolute atomic E-state index is 12.4. The van der Waals surface area contributed by atoms with Crippen molar-refractivity contribution in [3.63, 3.8) is 0 Å². The molecule has 0 saturated carbocycles. The van der Waals surface area contributed by atoms with Crippen LogP contribution in [0.15, 0.2) is 65.5 Å². The molecule has 3 aromatic rings. The molecule has 3 rings (SSSR count). The van der Waals surface area contributed by atoms with E-state index >= 15 is 0 Å². The summed E-state index contributed by atoms with van der Waals surface area (Å²) >= 11 is 5.90. The number of aromatic nitrogens is 2. The van der Waals surface area contributed by atoms with Crippen LogP contribution in [-0.4, -0.2) is 15.7 Å². The molecule has 132 valence electrons. The van der Waals surface area contributed by atoms with Gasteiger partial charge in [0.25, 0.3) is 11.5 Å². The van der Waals surface area contributed by atoms with E-state index < -0.39 is 0 Å². The van der Waals surface area contributed by atoms with E-state index in [-0.39, 0.29) is 17.2 Å². The summed E-state index contributed by atoms with van der Waals surface area (Å²) in [6, 6.07) is 17.6. The highest BCUT2D eigenvalue weighted by molar-refractivity contribution is 6.30. The Bertz CT molecular complexity index is 983. The van der Waals surface area contributed by atoms with Crippen LogP contribution in [0.4, 0.5) is 11.4 Å². The van der Waals surface area contributed by atoms with Gasteiger partial charge in [-0.05, 0) is 35.9 Å². The zero-order valence-electron chi connectivity index (χ0n) is 14.1. The lowest BCUT2D eigenvalue weighted by atomic mass is 10.2. The third kappa shape index (κ3) is 4.29. The van der Waals surface area contributed by atoms with Crippen LogP contribution in [0.2, 0.25) is 5.02 Å². The second kappa shape index (κ2) is 7.84. The average molecular weight is 369 g/mol. The molecule has 1 aromatic heterocycles. The minimum Gasteiger partial charge on any atom is -0.379 e. The number of hydrogen-bond acceptors (Lipinski definition) is 4. The summed E-state index contributed by atoms with van der Waals surface area (Å²) in [6.45, 7) is 0.585. The van der Waals surface area contributed by atoms with E-state index in [2.05, 4.69) is 15.7 Å². The molecule has 2 aromatic carbocycles. The summed E-state index contributed by atoms with van der Waals surface area (Å²) in [5.41, 5.74) is 2.36. The highest BCUT2D eigenvalue weighted by Gasteiger charge is 2.11. The van der Waals surface area contributed by atoms with Crippen LogP contribution in [0.25, 0.3) is 0 Å². The number of para-hydroxylation sites is 2. The third-order valence-electron chi connectivity index (χ3n) is 3.76. The second-order valence-electron chi connectivity index (χ2n) is 5.66. The Morgan fingerprint density at radius 3 is 2.42 bits per heavy atom. The molecule has 0 unspecified atom stereocenters. The van der Waals surface area contributed by atoms with E-state index in [9.17, 15) is 9.59 Å². The first-order valence-electron chi connectivity index (χ1n) is 7.96. The molecule has 7 heteroatoms. The highest BCUT2D eigenvalue weighted by Crippen LogP contribution is 2.22. The number of rotatable bonds is 5. The number of halogens is 1. The molecule has 6 nitrogen and oxygen atoms in total. The van der Waals surface area contributed by atoms with E-state index in [1.54, 1.807) is 6.07 Å². The van der Waals surface area contributed by atoms with Crippen LogP contribution >= 0.6 is 11.6 Å². The second-order valence-corrected chi connectivity index (χ2v) is 6.10. The van der Waals surface area contributed by atoms with Gasteiger partial charge in [-0.25, -0.2) is 4.68 Å². The van der Waals surface area contributed by atoms with E-state index in [1.807, 2.05) is 42.5 Å². The normalized spacial score (nSPS) is 10.4. The summed E-state index contributed by atoms with van der Waals surface area (Å²) in [6.07, 6.45) is 0. The fraction of sp³-hybridized carbons (Fsp3) is 0.105. The number of anilines is 2. The molecule has 2 N–H and O–H groups in total.